The molecule has 0 amide bonds. The van der Waals surface area contributed by atoms with E-state index in [2.05, 4.69) is 44.8 Å². The molecule has 2 heteroatoms. The second kappa shape index (κ2) is 9.04. The van der Waals surface area contributed by atoms with Crippen LogP contribution in [-0.4, -0.2) is 37.1 Å². The van der Waals surface area contributed by atoms with E-state index in [0.29, 0.717) is 5.41 Å². The van der Waals surface area contributed by atoms with Crippen molar-refractivity contribution in [2.75, 3.05) is 26.2 Å². The van der Waals surface area contributed by atoms with Gasteiger partial charge in [0.25, 0.3) is 0 Å². The summed E-state index contributed by atoms with van der Waals surface area (Å²) in [5.41, 5.74) is 0.466. The van der Waals surface area contributed by atoms with Gasteiger partial charge < -0.3 is 5.32 Å². The summed E-state index contributed by atoms with van der Waals surface area (Å²) in [6, 6.07) is 0.858. The van der Waals surface area contributed by atoms with Crippen LogP contribution in [0.5, 0.6) is 0 Å². The van der Waals surface area contributed by atoms with Crippen molar-refractivity contribution in [3.05, 3.63) is 0 Å². The van der Waals surface area contributed by atoms with E-state index in [1.165, 1.54) is 58.2 Å². The Labute approximate surface area is 127 Å². The van der Waals surface area contributed by atoms with E-state index in [1.807, 2.05) is 0 Å². The molecule has 20 heavy (non-hydrogen) atoms. The van der Waals surface area contributed by atoms with E-state index in [-0.39, 0.29) is 0 Å². The van der Waals surface area contributed by atoms with Crippen molar-refractivity contribution in [3.8, 4) is 0 Å². The molecule has 0 aromatic carbocycles. The molecular weight excluding hydrogens is 244 g/mol. The standard InChI is InChI=1S/C18H38N2/c1-6-18(7-2,14-19-8-3)15-20(13-16(4)5)17-11-9-10-12-17/h16-17,19H,6-15H2,1-5H3. The number of rotatable bonds is 10. The Kier molecular flexibility index (Phi) is 8.13. The van der Waals surface area contributed by atoms with Crippen LogP contribution in [0.2, 0.25) is 0 Å². The molecule has 1 aliphatic carbocycles. The second-order valence-corrected chi connectivity index (χ2v) is 7.25. The van der Waals surface area contributed by atoms with Gasteiger partial charge in [-0.2, -0.15) is 0 Å². The number of nitrogens with one attached hydrogen (secondary N) is 1. The van der Waals surface area contributed by atoms with Gasteiger partial charge in [-0.25, -0.2) is 0 Å². The lowest BCUT2D eigenvalue weighted by Gasteiger charge is -2.41. The summed E-state index contributed by atoms with van der Waals surface area (Å²) in [5, 5.41) is 3.61. The first-order chi connectivity index (χ1) is 9.56. The maximum atomic E-state index is 3.61. The van der Waals surface area contributed by atoms with Gasteiger partial charge in [0.05, 0.1) is 0 Å². The summed E-state index contributed by atoms with van der Waals surface area (Å²) in [5.74, 6) is 0.779. The number of nitrogens with zero attached hydrogens (tertiary/aromatic N) is 1. The average Bonchev–Trinajstić information content (AvgIpc) is 2.96. The zero-order valence-corrected chi connectivity index (χ0v) is 14.7. The van der Waals surface area contributed by atoms with Gasteiger partial charge in [0, 0.05) is 25.7 Å². The Morgan fingerprint density at radius 1 is 1.10 bits per heavy atom. The van der Waals surface area contributed by atoms with E-state index in [9.17, 15) is 0 Å². The lowest BCUT2D eigenvalue weighted by Crippen LogP contribution is -2.47. The molecular formula is C18H38N2. The van der Waals surface area contributed by atoms with Gasteiger partial charge in [0.1, 0.15) is 0 Å². The first-order valence-corrected chi connectivity index (χ1v) is 9.01. The third kappa shape index (κ3) is 5.37. The topological polar surface area (TPSA) is 15.3 Å². The molecule has 2 nitrogen and oxygen atoms in total. The molecule has 0 atom stereocenters. The quantitative estimate of drug-likeness (QED) is 0.642. The molecule has 0 aliphatic heterocycles. The number of hydrogen-bond acceptors (Lipinski definition) is 2. The Morgan fingerprint density at radius 2 is 1.70 bits per heavy atom. The van der Waals surface area contributed by atoms with Gasteiger partial charge in [0.2, 0.25) is 0 Å². The predicted octanol–water partition coefficient (Wildman–Crippen LogP) is 4.30. The molecule has 120 valence electrons. The largest absolute Gasteiger partial charge is 0.316 e. The number of hydrogen-bond donors (Lipinski definition) is 1. The highest BCUT2D eigenvalue weighted by molar-refractivity contribution is 4.87. The lowest BCUT2D eigenvalue weighted by atomic mass is 9.81. The fourth-order valence-electron chi connectivity index (χ4n) is 3.68. The van der Waals surface area contributed by atoms with Crippen LogP contribution in [0.15, 0.2) is 0 Å². The van der Waals surface area contributed by atoms with Crippen molar-refractivity contribution in [3.63, 3.8) is 0 Å². The summed E-state index contributed by atoms with van der Waals surface area (Å²) in [6.45, 7) is 16.5. The molecule has 1 saturated carbocycles. The summed E-state index contributed by atoms with van der Waals surface area (Å²) in [7, 11) is 0. The monoisotopic (exact) mass is 282 g/mol. The van der Waals surface area contributed by atoms with Crippen molar-refractivity contribution < 1.29 is 0 Å². The molecule has 0 aromatic rings. The van der Waals surface area contributed by atoms with Crippen LogP contribution in [0.3, 0.4) is 0 Å². The Bertz CT molecular complexity index is 240. The van der Waals surface area contributed by atoms with E-state index >= 15 is 0 Å². The second-order valence-electron chi connectivity index (χ2n) is 7.25. The molecule has 1 aliphatic rings. The van der Waals surface area contributed by atoms with E-state index in [0.717, 1.165) is 18.5 Å². The molecule has 0 unspecified atom stereocenters. The molecule has 0 bridgehead atoms. The average molecular weight is 283 g/mol. The Balaban J connectivity index is 2.71. The Hall–Kier alpha value is -0.0800. The molecule has 0 heterocycles. The van der Waals surface area contributed by atoms with Crippen LogP contribution in [0.1, 0.15) is 73.1 Å². The molecule has 1 rings (SSSR count). The van der Waals surface area contributed by atoms with Gasteiger partial charge in [0.15, 0.2) is 0 Å². The minimum Gasteiger partial charge on any atom is -0.316 e. The summed E-state index contributed by atoms with van der Waals surface area (Å²) in [6.07, 6.45) is 8.32. The van der Waals surface area contributed by atoms with Gasteiger partial charge in [-0.15, -0.1) is 0 Å². The first-order valence-electron chi connectivity index (χ1n) is 9.01. The molecule has 1 fully saturated rings. The van der Waals surface area contributed by atoms with Crippen LogP contribution >= 0.6 is 0 Å². The minimum atomic E-state index is 0.466. The van der Waals surface area contributed by atoms with Gasteiger partial charge in [-0.3, -0.25) is 4.90 Å². The third-order valence-electron chi connectivity index (χ3n) is 5.23. The SMILES string of the molecule is CCNCC(CC)(CC)CN(CC(C)C)C1CCCC1. The predicted molar refractivity (Wildman–Crippen MR) is 90.2 cm³/mol. The highest BCUT2D eigenvalue weighted by Gasteiger charge is 2.32. The zero-order valence-electron chi connectivity index (χ0n) is 14.7. The van der Waals surface area contributed by atoms with E-state index in [1.54, 1.807) is 0 Å². The van der Waals surface area contributed by atoms with Gasteiger partial charge in [-0.1, -0.05) is 47.5 Å². The van der Waals surface area contributed by atoms with Crippen molar-refractivity contribution in [1.29, 1.82) is 0 Å². The normalized spacial score (nSPS) is 17.6. The van der Waals surface area contributed by atoms with Crippen LogP contribution in [0, 0.1) is 11.3 Å². The smallest absolute Gasteiger partial charge is 0.00956 e. The van der Waals surface area contributed by atoms with E-state index in [4.69, 9.17) is 0 Å². The lowest BCUT2D eigenvalue weighted by molar-refractivity contribution is 0.0888. The molecule has 0 radical (unpaired) electrons. The van der Waals surface area contributed by atoms with Crippen LogP contribution < -0.4 is 5.32 Å². The van der Waals surface area contributed by atoms with Crippen molar-refractivity contribution in [1.82, 2.24) is 10.2 Å². The summed E-state index contributed by atoms with van der Waals surface area (Å²) < 4.78 is 0. The van der Waals surface area contributed by atoms with Crippen LogP contribution in [0.4, 0.5) is 0 Å². The minimum absolute atomic E-state index is 0.466. The van der Waals surface area contributed by atoms with Crippen molar-refractivity contribution in [2.24, 2.45) is 11.3 Å². The highest BCUT2D eigenvalue weighted by atomic mass is 15.2. The van der Waals surface area contributed by atoms with Gasteiger partial charge in [-0.05, 0) is 43.6 Å². The molecule has 0 saturated heterocycles. The maximum absolute atomic E-state index is 3.61. The first kappa shape index (κ1) is 18.0. The molecule has 0 aromatic heterocycles. The van der Waals surface area contributed by atoms with E-state index < -0.39 is 0 Å². The maximum Gasteiger partial charge on any atom is 0.00956 e. The van der Waals surface area contributed by atoms with Crippen LogP contribution in [-0.2, 0) is 0 Å². The molecule has 1 N–H and O–H groups in total. The van der Waals surface area contributed by atoms with Crippen molar-refractivity contribution >= 4 is 0 Å². The fourth-order valence-corrected chi connectivity index (χ4v) is 3.68. The third-order valence-corrected chi connectivity index (χ3v) is 5.23. The summed E-state index contributed by atoms with van der Waals surface area (Å²) >= 11 is 0. The zero-order chi connectivity index (χ0) is 15.0. The fraction of sp³-hybridized carbons (Fsp3) is 1.00. The highest BCUT2D eigenvalue weighted by Crippen LogP contribution is 2.32. The Morgan fingerprint density at radius 3 is 2.15 bits per heavy atom. The van der Waals surface area contributed by atoms with Gasteiger partial charge >= 0.3 is 0 Å². The van der Waals surface area contributed by atoms with Crippen molar-refractivity contribution in [2.45, 2.75) is 79.2 Å². The molecule has 0 spiro atoms. The summed E-state index contributed by atoms with van der Waals surface area (Å²) in [4.78, 5) is 2.84. The van der Waals surface area contributed by atoms with Crippen LogP contribution in [0.25, 0.3) is 0 Å².